The monoisotopic (exact) mass is 286 g/mol. The maximum atomic E-state index is 12.7. The highest BCUT2D eigenvalue weighted by Crippen LogP contribution is 2.31. The fourth-order valence-corrected chi connectivity index (χ4v) is 2.93. The lowest BCUT2D eigenvalue weighted by Gasteiger charge is -2.22. The van der Waals surface area contributed by atoms with Gasteiger partial charge in [0.05, 0.1) is 13.1 Å². The summed E-state index contributed by atoms with van der Waals surface area (Å²) in [5.74, 6) is -4.01. The molecule has 1 atom stereocenters. The third-order valence-electron chi connectivity index (χ3n) is 2.35. The molecule has 0 bridgehead atoms. The first kappa shape index (κ1) is 15.6. The van der Waals surface area contributed by atoms with E-state index >= 15 is 0 Å². The molecule has 7 heteroatoms. The number of hydrogen-bond acceptors (Lipinski definition) is 3. The molecule has 0 fully saturated rings. The summed E-state index contributed by atoms with van der Waals surface area (Å²) in [4.78, 5) is 4.05. The average Bonchev–Trinajstić information content (AvgIpc) is 2.60. The number of nitrogens with zero attached hydrogens (tertiary/aromatic N) is 1. The molecule has 0 spiro atoms. The second-order valence-electron chi connectivity index (χ2n) is 5.57. The van der Waals surface area contributed by atoms with E-state index in [9.17, 15) is 17.6 Å². The third kappa shape index (κ3) is 5.04. The molecule has 2 nitrogen and oxygen atoms in total. The predicted molar refractivity (Wildman–Crippen MR) is 66.7 cm³/mol. The van der Waals surface area contributed by atoms with E-state index in [1.54, 1.807) is 0 Å². The Bertz CT molecular complexity index is 313. The lowest BCUT2D eigenvalue weighted by Crippen LogP contribution is -2.40. The molecule has 1 aliphatic heterocycles. The van der Waals surface area contributed by atoms with Crippen LogP contribution in [-0.2, 0) is 0 Å². The molecular formula is C11H18F4N2S. The summed E-state index contributed by atoms with van der Waals surface area (Å²) in [6.07, 6.45) is -2.75. The van der Waals surface area contributed by atoms with Crippen molar-refractivity contribution in [3.8, 4) is 0 Å². The van der Waals surface area contributed by atoms with Crippen molar-refractivity contribution in [1.29, 1.82) is 0 Å². The largest absolute Gasteiger partial charge is 0.359 e. The van der Waals surface area contributed by atoms with Gasteiger partial charge in [0.2, 0.25) is 0 Å². The van der Waals surface area contributed by atoms with Crippen molar-refractivity contribution in [3.05, 3.63) is 0 Å². The fourth-order valence-electron chi connectivity index (χ4n) is 1.57. The molecule has 1 heterocycles. The molecule has 0 aromatic heterocycles. The topological polar surface area (TPSA) is 24.4 Å². The maximum absolute atomic E-state index is 12.7. The quantitative estimate of drug-likeness (QED) is 0.801. The zero-order valence-corrected chi connectivity index (χ0v) is 11.5. The number of thioether (sulfide) groups is 1. The van der Waals surface area contributed by atoms with Crippen LogP contribution in [0.5, 0.6) is 0 Å². The smallest absolute Gasteiger partial charge is 0.324 e. The summed E-state index contributed by atoms with van der Waals surface area (Å²) in [6, 6.07) is 0. The molecule has 106 valence electrons. The van der Waals surface area contributed by atoms with Crippen molar-refractivity contribution < 1.29 is 17.6 Å². The Labute approximate surface area is 109 Å². The summed E-state index contributed by atoms with van der Waals surface area (Å²) in [6.45, 7) is 5.74. The number of aliphatic imine (C=N–C) groups is 1. The van der Waals surface area contributed by atoms with Crippen LogP contribution < -0.4 is 5.32 Å². The highest BCUT2D eigenvalue weighted by atomic mass is 32.2. The molecule has 1 aliphatic rings. The molecule has 1 unspecified atom stereocenters. The van der Waals surface area contributed by atoms with Crippen molar-refractivity contribution in [2.45, 2.75) is 44.8 Å². The maximum Gasteiger partial charge on any atom is 0.324 e. The normalized spacial score (nSPS) is 21.3. The number of alkyl halides is 4. The Morgan fingerprint density at radius 1 is 1.39 bits per heavy atom. The van der Waals surface area contributed by atoms with E-state index in [-0.39, 0.29) is 10.7 Å². The van der Waals surface area contributed by atoms with Gasteiger partial charge in [-0.15, -0.1) is 0 Å². The fraction of sp³-hybridized carbons (Fsp3) is 0.909. The summed E-state index contributed by atoms with van der Waals surface area (Å²) in [5.41, 5.74) is 0.134. The van der Waals surface area contributed by atoms with Gasteiger partial charge in [0, 0.05) is 5.25 Å². The second kappa shape index (κ2) is 5.67. The standard InChI is InChI=1S/C11H18F4N2S/c1-10(2,3)4-7-5-16-9(18-7)17-6-11(14,15)8(12)13/h7-8H,4-6H2,1-3H3,(H,16,17). The lowest BCUT2D eigenvalue weighted by atomic mass is 9.90. The van der Waals surface area contributed by atoms with Gasteiger partial charge in [-0.2, -0.15) is 8.78 Å². The molecule has 0 aromatic carbocycles. The Kier molecular flexibility index (Phi) is 4.91. The average molecular weight is 286 g/mol. The van der Waals surface area contributed by atoms with Crippen LogP contribution in [0.1, 0.15) is 27.2 Å². The van der Waals surface area contributed by atoms with E-state index in [0.717, 1.165) is 6.42 Å². The van der Waals surface area contributed by atoms with Crippen molar-refractivity contribution >= 4 is 16.9 Å². The van der Waals surface area contributed by atoms with Crippen molar-refractivity contribution in [2.24, 2.45) is 10.4 Å². The van der Waals surface area contributed by atoms with Crippen LogP contribution in [0.3, 0.4) is 0 Å². The minimum atomic E-state index is -4.01. The SMILES string of the molecule is CC(C)(C)CC1CN=C(NCC(F)(F)C(F)F)S1. The molecule has 0 radical (unpaired) electrons. The van der Waals surface area contributed by atoms with Crippen LogP contribution in [0.4, 0.5) is 17.6 Å². The van der Waals surface area contributed by atoms with Crippen LogP contribution >= 0.6 is 11.8 Å². The minimum absolute atomic E-state index is 0.134. The molecule has 1 rings (SSSR count). The van der Waals surface area contributed by atoms with Crippen molar-refractivity contribution in [2.75, 3.05) is 13.1 Å². The second-order valence-corrected chi connectivity index (χ2v) is 6.85. The van der Waals surface area contributed by atoms with E-state index in [1.807, 2.05) is 0 Å². The van der Waals surface area contributed by atoms with Crippen molar-refractivity contribution in [1.82, 2.24) is 5.32 Å². The lowest BCUT2D eigenvalue weighted by molar-refractivity contribution is -0.122. The van der Waals surface area contributed by atoms with Crippen LogP contribution in [0.25, 0.3) is 0 Å². The molecule has 0 aliphatic carbocycles. The Morgan fingerprint density at radius 3 is 2.50 bits per heavy atom. The van der Waals surface area contributed by atoms with Crippen LogP contribution in [0.15, 0.2) is 4.99 Å². The molecule has 1 N–H and O–H groups in total. The number of hydrogen-bond donors (Lipinski definition) is 1. The van der Waals surface area contributed by atoms with Gasteiger partial charge in [0.15, 0.2) is 5.17 Å². The van der Waals surface area contributed by atoms with E-state index in [1.165, 1.54) is 11.8 Å². The summed E-state index contributed by atoms with van der Waals surface area (Å²) >= 11 is 1.35. The minimum Gasteiger partial charge on any atom is -0.359 e. The van der Waals surface area contributed by atoms with Crippen LogP contribution in [0.2, 0.25) is 0 Å². The zero-order valence-electron chi connectivity index (χ0n) is 10.6. The van der Waals surface area contributed by atoms with Crippen molar-refractivity contribution in [3.63, 3.8) is 0 Å². The zero-order chi connectivity index (χ0) is 14.0. The number of amidine groups is 1. The summed E-state index contributed by atoms with van der Waals surface area (Å²) in [5, 5.41) is 2.87. The number of halogens is 4. The molecule has 0 aromatic rings. The highest BCUT2D eigenvalue weighted by Gasteiger charge is 2.41. The van der Waals surface area contributed by atoms with E-state index in [0.29, 0.717) is 11.7 Å². The van der Waals surface area contributed by atoms with E-state index < -0.39 is 18.9 Å². The Hall–Kier alpha value is -0.460. The summed E-state index contributed by atoms with van der Waals surface area (Å²) in [7, 11) is 0. The van der Waals surface area contributed by atoms with Gasteiger partial charge in [-0.3, -0.25) is 4.99 Å². The first-order valence-corrected chi connectivity index (χ1v) is 6.59. The van der Waals surface area contributed by atoms with Gasteiger partial charge < -0.3 is 5.32 Å². The van der Waals surface area contributed by atoms with Gasteiger partial charge in [0.25, 0.3) is 0 Å². The van der Waals surface area contributed by atoms with E-state index in [2.05, 4.69) is 31.1 Å². The Balaban J connectivity index is 2.35. The first-order chi connectivity index (χ1) is 8.10. The van der Waals surface area contributed by atoms with Gasteiger partial charge in [-0.05, 0) is 11.8 Å². The van der Waals surface area contributed by atoms with Crippen LogP contribution in [0, 0.1) is 5.41 Å². The highest BCUT2D eigenvalue weighted by molar-refractivity contribution is 8.14. The predicted octanol–water partition coefficient (Wildman–Crippen LogP) is 3.38. The molecule has 0 saturated heterocycles. The first-order valence-electron chi connectivity index (χ1n) is 5.71. The summed E-state index contributed by atoms with van der Waals surface area (Å²) < 4.78 is 49.3. The van der Waals surface area contributed by atoms with Crippen LogP contribution in [-0.4, -0.2) is 35.9 Å². The molecule has 0 saturated carbocycles. The third-order valence-corrected chi connectivity index (χ3v) is 3.50. The molecular weight excluding hydrogens is 268 g/mol. The van der Waals surface area contributed by atoms with Gasteiger partial charge in [0.1, 0.15) is 0 Å². The van der Waals surface area contributed by atoms with Gasteiger partial charge >= 0.3 is 12.3 Å². The molecule has 0 amide bonds. The van der Waals surface area contributed by atoms with Gasteiger partial charge in [-0.1, -0.05) is 32.5 Å². The van der Waals surface area contributed by atoms with Gasteiger partial charge in [-0.25, -0.2) is 8.78 Å². The van der Waals surface area contributed by atoms with E-state index in [4.69, 9.17) is 0 Å². The number of rotatable bonds is 4. The Morgan fingerprint density at radius 2 is 2.00 bits per heavy atom. The number of nitrogens with one attached hydrogen (secondary N) is 1. The molecule has 18 heavy (non-hydrogen) atoms.